The zero-order chi connectivity index (χ0) is 42.8. The third-order valence-electron chi connectivity index (χ3n) is 13.1. The lowest BCUT2D eigenvalue weighted by Crippen LogP contribution is -2.31. The lowest BCUT2D eigenvalue weighted by atomic mass is 9.65. The molecule has 7 aromatic carbocycles. The van der Waals surface area contributed by atoms with Crippen molar-refractivity contribution in [1.82, 2.24) is 28.9 Å². The molecule has 5 heterocycles. The van der Waals surface area contributed by atoms with Crippen LogP contribution in [0, 0.1) is 13.8 Å². The Bertz CT molecular complexity index is 3640. The van der Waals surface area contributed by atoms with Gasteiger partial charge in [-0.3, -0.25) is 9.13 Å². The number of hydrogen-bond donors (Lipinski definition) is 0. The fourth-order valence-corrected chi connectivity index (χ4v) is 10.3. The van der Waals surface area contributed by atoms with Crippen LogP contribution < -0.4 is 0 Å². The highest BCUT2D eigenvalue weighted by Crippen LogP contribution is 2.48. The molecule has 0 saturated heterocycles. The van der Waals surface area contributed by atoms with E-state index in [1.54, 1.807) is 0 Å². The molecule has 0 atom stereocenters. The molecular weight excluding hydrogens is 781 g/mol. The maximum atomic E-state index is 5.12. The zero-order valence-corrected chi connectivity index (χ0v) is 35.5. The van der Waals surface area contributed by atoms with E-state index in [1.165, 1.54) is 27.3 Å². The molecule has 0 bridgehead atoms. The van der Waals surface area contributed by atoms with Gasteiger partial charge in [0.1, 0.15) is 11.6 Å². The smallest absolute Gasteiger partial charge is 0.138 e. The third-order valence-corrected chi connectivity index (χ3v) is 13.1. The highest BCUT2D eigenvalue weighted by molar-refractivity contribution is 6.11. The molecule has 0 spiro atoms. The van der Waals surface area contributed by atoms with Crippen molar-refractivity contribution in [3.8, 4) is 28.5 Å². The van der Waals surface area contributed by atoms with E-state index < -0.39 is 5.41 Å². The van der Waals surface area contributed by atoms with E-state index in [0.29, 0.717) is 0 Å². The van der Waals surface area contributed by atoms with Gasteiger partial charge < -0.3 is 0 Å². The lowest BCUT2D eigenvalue weighted by molar-refractivity contribution is 0.746. The second kappa shape index (κ2) is 14.9. The van der Waals surface area contributed by atoms with E-state index >= 15 is 0 Å². The molecule has 0 N–H and O–H groups in total. The number of nitrogens with zero attached hydrogens (tertiary/aromatic N) is 6. The highest BCUT2D eigenvalue weighted by Gasteiger charge is 2.39. The molecule has 5 aromatic heterocycles. The molecule has 12 aromatic rings. The van der Waals surface area contributed by atoms with Gasteiger partial charge in [0.2, 0.25) is 0 Å². The monoisotopic (exact) mass is 822 g/mol. The lowest BCUT2D eigenvalue weighted by Gasteiger charge is -2.37. The fourth-order valence-electron chi connectivity index (χ4n) is 10.3. The molecule has 0 amide bonds. The Labute approximate surface area is 371 Å². The van der Waals surface area contributed by atoms with Crippen molar-refractivity contribution in [2.75, 3.05) is 0 Å². The number of rotatable bonds is 8. The van der Waals surface area contributed by atoms with Crippen LogP contribution in [0.25, 0.3) is 72.1 Å². The second-order valence-corrected chi connectivity index (χ2v) is 16.5. The van der Waals surface area contributed by atoms with Crippen LogP contribution in [-0.4, -0.2) is 28.9 Å². The molecule has 0 aliphatic carbocycles. The summed E-state index contributed by atoms with van der Waals surface area (Å²) in [5, 5.41) is 9.72. The van der Waals surface area contributed by atoms with E-state index in [9.17, 15) is 0 Å². The Balaban J connectivity index is 1.14. The molecule has 6 nitrogen and oxygen atoms in total. The van der Waals surface area contributed by atoms with Crippen LogP contribution in [0.15, 0.2) is 219 Å². The van der Waals surface area contributed by atoms with Gasteiger partial charge in [0.15, 0.2) is 0 Å². The van der Waals surface area contributed by atoms with Crippen LogP contribution in [0.5, 0.6) is 0 Å². The standard InChI is InChI=1S/C58H42N6/c1-39-57(40(2)64(61-39)46-22-10-5-11-23-46)41-33-35-60-56(36-41)63-52-27-15-13-25-48(52)50-32-30-45(38-54(50)63)58(42-18-6-3-7-19-42,43-20-8-4-9-21-43)44-29-31-49-47-24-12-14-26-51(47)62(53(49)37-44)55-28-16-17-34-59-55/h3-38H,1-2H3. The average molecular weight is 823 g/mol. The first-order valence-electron chi connectivity index (χ1n) is 21.8. The van der Waals surface area contributed by atoms with Crippen LogP contribution in [-0.2, 0) is 5.41 Å². The van der Waals surface area contributed by atoms with Gasteiger partial charge in [0.05, 0.1) is 38.9 Å². The Morgan fingerprint density at radius 1 is 0.391 bits per heavy atom. The van der Waals surface area contributed by atoms with Crippen molar-refractivity contribution in [3.05, 3.63) is 252 Å². The number of aryl methyl sites for hydroxylation is 1. The number of benzene rings is 7. The summed E-state index contributed by atoms with van der Waals surface area (Å²) in [7, 11) is 0. The van der Waals surface area contributed by atoms with Gasteiger partial charge in [0, 0.05) is 45.2 Å². The minimum Gasteiger partial charge on any atom is -0.294 e. The molecule has 0 unspecified atom stereocenters. The molecule has 0 radical (unpaired) electrons. The summed E-state index contributed by atoms with van der Waals surface area (Å²) in [5.41, 5.74) is 13.6. The molecule has 12 rings (SSSR count). The summed E-state index contributed by atoms with van der Waals surface area (Å²) >= 11 is 0. The van der Waals surface area contributed by atoms with Crippen LogP contribution in [0.1, 0.15) is 33.6 Å². The molecule has 64 heavy (non-hydrogen) atoms. The topological polar surface area (TPSA) is 53.5 Å². The Morgan fingerprint density at radius 2 is 0.891 bits per heavy atom. The predicted octanol–water partition coefficient (Wildman–Crippen LogP) is 13.5. The maximum absolute atomic E-state index is 5.12. The summed E-state index contributed by atoms with van der Waals surface area (Å²) in [6.45, 7) is 4.24. The van der Waals surface area contributed by atoms with Crippen molar-refractivity contribution in [2.45, 2.75) is 19.3 Å². The minimum absolute atomic E-state index is 0.729. The normalized spacial score (nSPS) is 11.9. The molecule has 0 fully saturated rings. The molecule has 6 heteroatoms. The molecule has 0 saturated carbocycles. The fraction of sp³-hybridized carbons (Fsp3) is 0.0517. The van der Waals surface area contributed by atoms with Crippen molar-refractivity contribution < 1.29 is 0 Å². The second-order valence-electron chi connectivity index (χ2n) is 16.5. The first-order valence-corrected chi connectivity index (χ1v) is 21.8. The predicted molar refractivity (Wildman–Crippen MR) is 261 cm³/mol. The van der Waals surface area contributed by atoms with Gasteiger partial charge in [-0.05, 0) is 102 Å². The van der Waals surface area contributed by atoms with Crippen LogP contribution in [0.3, 0.4) is 0 Å². The van der Waals surface area contributed by atoms with E-state index in [0.717, 1.165) is 78.4 Å². The van der Waals surface area contributed by atoms with Crippen molar-refractivity contribution in [1.29, 1.82) is 0 Å². The number of hydrogen-bond acceptors (Lipinski definition) is 3. The van der Waals surface area contributed by atoms with Crippen molar-refractivity contribution in [2.24, 2.45) is 0 Å². The summed E-state index contributed by atoms with van der Waals surface area (Å²) in [5.74, 6) is 1.73. The largest absolute Gasteiger partial charge is 0.294 e. The van der Waals surface area contributed by atoms with Crippen LogP contribution >= 0.6 is 0 Å². The van der Waals surface area contributed by atoms with Crippen molar-refractivity contribution >= 4 is 43.6 Å². The Hall–Kier alpha value is -8.35. The number of para-hydroxylation sites is 3. The molecule has 0 aliphatic rings. The Kier molecular flexibility index (Phi) is 8.73. The molecule has 0 aliphatic heterocycles. The third kappa shape index (κ3) is 5.69. The first-order chi connectivity index (χ1) is 31.6. The highest BCUT2D eigenvalue weighted by atomic mass is 15.3. The Morgan fingerprint density at radius 3 is 1.47 bits per heavy atom. The SMILES string of the molecule is Cc1nn(-c2ccccc2)c(C)c1-c1ccnc(-n2c3ccccc3c3ccc(C(c4ccccc4)(c4ccccc4)c4ccc5c6ccccc6n(-c6ccccn6)c5c4)cc32)c1. The number of aromatic nitrogens is 6. The van der Waals surface area contributed by atoms with Gasteiger partial charge in [-0.15, -0.1) is 0 Å². The maximum Gasteiger partial charge on any atom is 0.138 e. The van der Waals surface area contributed by atoms with E-state index in [1.807, 2.05) is 29.2 Å². The quantitative estimate of drug-likeness (QED) is 0.143. The zero-order valence-electron chi connectivity index (χ0n) is 35.5. The summed E-state index contributed by atoms with van der Waals surface area (Å²) in [6.07, 6.45) is 3.80. The average Bonchev–Trinajstić information content (AvgIpc) is 3.98. The van der Waals surface area contributed by atoms with Gasteiger partial charge in [-0.1, -0.05) is 146 Å². The van der Waals surface area contributed by atoms with Crippen LogP contribution in [0.2, 0.25) is 0 Å². The number of fused-ring (bicyclic) bond motifs is 6. The van der Waals surface area contributed by atoms with Crippen molar-refractivity contribution in [3.63, 3.8) is 0 Å². The van der Waals surface area contributed by atoms with Crippen LogP contribution in [0.4, 0.5) is 0 Å². The summed E-state index contributed by atoms with van der Waals surface area (Å²) < 4.78 is 6.69. The molecule has 304 valence electrons. The summed E-state index contributed by atoms with van der Waals surface area (Å²) in [6, 6.07) is 74.1. The van der Waals surface area contributed by atoms with E-state index in [2.05, 4.69) is 217 Å². The van der Waals surface area contributed by atoms with Gasteiger partial charge in [-0.2, -0.15) is 5.10 Å². The summed E-state index contributed by atoms with van der Waals surface area (Å²) in [4.78, 5) is 10.00. The van der Waals surface area contributed by atoms with Gasteiger partial charge >= 0.3 is 0 Å². The minimum atomic E-state index is -0.729. The van der Waals surface area contributed by atoms with Gasteiger partial charge in [-0.25, -0.2) is 14.6 Å². The van der Waals surface area contributed by atoms with E-state index in [4.69, 9.17) is 15.1 Å². The van der Waals surface area contributed by atoms with E-state index in [-0.39, 0.29) is 0 Å². The molecular formula is C58H42N6. The van der Waals surface area contributed by atoms with Gasteiger partial charge in [0.25, 0.3) is 0 Å². The first kappa shape index (κ1) is 37.4. The number of pyridine rings is 2.